The molecule has 3 heterocycles. The van der Waals surface area contributed by atoms with Gasteiger partial charge in [0.15, 0.2) is 0 Å². The predicted octanol–water partition coefficient (Wildman–Crippen LogP) is 0.889. The van der Waals surface area contributed by atoms with Gasteiger partial charge in [0.1, 0.15) is 6.17 Å². The van der Waals surface area contributed by atoms with E-state index in [0.29, 0.717) is 24.1 Å². The Morgan fingerprint density at radius 2 is 2.11 bits per heavy atom. The second-order valence-electron chi connectivity index (χ2n) is 7.37. The zero-order chi connectivity index (χ0) is 19.1. The van der Waals surface area contributed by atoms with Gasteiger partial charge in [0, 0.05) is 31.3 Å². The number of hydrazine groups is 1. The molecule has 3 unspecified atom stereocenters. The highest BCUT2D eigenvalue weighted by Gasteiger charge is 2.32. The fourth-order valence-electron chi connectivity index (χ4n) is 3.98. The third-order valence-corrected chi connectivity index (χ3v) is 5.35. The molecule has 1 aromatic carbocycles. The van der Waals surface area contributed by atoms with Crippen molar-refractivity contribution in [3.8, 4) is 0 Å². The van der Waals surface area contributed by atoms with Crippen LogP contribution in [0.25, 0.3) is 0 Å². The number of benzene rings is 1. The van der Waals surface area contributed by atoms with E-state index in [9.17, 15) is 4.79 Å². The van der Waals surface area contributed by atoms with Crippen molar-refractivity contribution in [3.63, 3.8) is 0 Å². The van der Waals surface area contributed by atoms with E-state index in [0.717, 1.165) is 17.8 Å². The first-order valence-corrected chi connectivity index (χ1v) is 9.48. The SMILES string of the molecule is CN1CC2C=CC=C(NCc3cc(=O)n4c(n3)NC(c3ccccc3)N4)C2N1. The third kappa shape index (κ3) is 3.06. The summed E-state index contributed by atoms with van der Waals surface area (Å²) in [7, 11) is 2.05. The lowest BCUT2D eigenvalue weighted by molar-refractivity contribution is 0.297. The number of fused-ring (bicyclic) bond motifs is 2. The first-order chi connectivity index (χ1) is 13.7. The standard InChI is InChI=1S/C20H23N7O/c1-26-12-14-8-5-9-16(18(14)24-26)21-11-15-10-17(28)27-20(22-15)23-19(25-27)13-6-3-2-4-7-13/h2-10,14,18-19,21,24-25H,11-12H2,1H3,(H,22,23). The molecule has 0 bridgehead atoms. The summed E-state index contributed by atoms with van der Waals surface area (Å²) in [5.41, 5.74) is 9.37. The molecule has 0 amide bonds. The molecule has 144 valence electrons. The Bertz CT molecular complexity index is 997. The van der Waals surface area contributed by atoms with Gasteiger partial charge in [-0.3, -0.25) is 10.2 Å². The minimum absolute atomic E-state index is 0.123. The van der Waals surface area contributed by atoms with Crippen LogP contribution >= 0.6 is 0 Å². The first kappa shape index (κ1) is 17.0. The molecule has 28 heavy (non-hydrogen) atoms. The van der Waals surface area contributed by atoms with Crippen LogP contribution in [-0.2, 0) is 6.54 Å². The third-order valence-electron chi connectivity index (χ3n) is 5.35. The van der Waals surface area contributed by atoms with Crippen molar-refractivity contribution in [1.82, 2.24) is 25.4 Å². The van der Waals surface area contributed by atoms with Gasteiger partial charge in [-0.05, 0) is 11.6 Å². The van der Waals surface area contributed by atoms with Crippen molar-refractivity contribution in [3.05, 3.63) is 81.9 Å². The number of aromatic nitrogens is 2. The highest BCUT2D eigenvalue weighted by atomic mass is 16.1. The fraction of sp³-hybridized carbons (Fsp3) is 0.300. The van der Waals surface area contributed by atoms with E-state index in [1.165, 1.54) is 4.68 Å². The van der Waals surface area contributed by atoms with Crippen LogP contribution in [0.3, 0.4) is 0 Å². The lowest BCUT2D eigenvalue weighted by atomic mass is 9.94. The predicted molar refractivity (Wildman–Crippen MR) is 108 cm³/mol. The maximum atomic E-state index is 12.5. The number of anilines is 1. The smallest absolute Gasteiger partial charge is 0.273 e. The minimum Gasteiger partial charge on any atom is -0.381 e. The van der Waals surface area contributed by atoms with Crippen LogP contribution in [0.5, 0.6) is 0 Å². The molecule has 1 aromatic heterocycles. The average molecular weight is 377 g/mol. The number of nitrogens with zero attached hydrogens (tertiary/aromatic N) is 3. The molecule has 8 heteroatoms. The van der Waals surface area contributed by atoms with E-state index in [2.05, 4.69) is 56.8 Å². The Morgan fingerprint density at radius 1 is 1.25 bits per heavy atom. The largest absolute Gasteiger partial charge is 0.381 e. The Balaban J connectivity index is 1.31. The van der Waals surface area contributed by atoms with Crippen molar-refractivity contribution >= 4 is 5.95 Å². The molecule has 3 aliphatic rings. The van der Waals surface area contributed by atoms with Crippen molar-refractivity contribution in [2.45, 2.75) is 18.8 Å². The fourth-order valence-corrected chi connectivity index (χ4v) is 3.98. The van der Waals surface area contributed by atoms with Gasteiger partial charge in [-0.1, -0.05) is 42.5 Å². The van der Waals surface area contributed by atoms with E-state index in [1.807, 2.05) is 30.3 Å². The number of nitrogens with one attached hydrogen (secondary N) is 4. The van der Waals surface area contributed by atoms with Crippen molar-refractivity contribution in [2.24, 2.45) is 5.92 Å². The summed E-state index contributed by atoms with van der Waals surface area (Å²) in [6.45, 7) is 1.48. The highest BCUT2D eigenvalue weighted by Crippen LogP contribution is 2.24. The van der Waals surface area contributed by atoms with Gasteiger partial charge in [0.2, 0.25) is 5.95 Å². The van der Waals surface area contributed by atoms with E-state index < -0.39 is 0 Å². The lowest BCUT2D eigenvalue weighted by Gasteiger charge is -2.23. The topological polar surface area (TPSA) is 86.2 Å². The number of allylic oxidation sites excluding steroid dienone is 2. The van der Waals surface area contributed by atoms with Crippen LogP contribution in [0.4, 0.5) is 5.95 Å². The highest BCUT2D eigenvalue weighted by molar-refractivity contribution is 5.41. The summed E-state index contributed by atoms with van der Waals surface area (Å²) in [5, 5.41) is 8.84. The minimum atomic E-state index is -0.171. The molecule has 1 aliphatic carbocycles. The lowest BCUT2D eigenvalue weighted by Crippen LogP contribution is -2.39. The van der Waals surface area contributed by atoms with Crippen molar-refractivity contribution in [1.29, 1.82) is 0 Å². The molecule has 2 aliphatic heterocycles. The van der Waals surface area contributed by atoms with E-state index >= 15 is 0 Å². The van der Waals surface area contributed by atoms with Crippen LogP contribution in [0.1, 0.15) is 17.4 Å². The summed E-state index contributed by atoms with van der Waals surface area (Å²) in [4.78, 5) is 17.2. The van der Waals surface area contributed by atoms with Crippen LogP contribution in [-0.4, -0.2) is 34.3 Å². The van der Waals surface area contributed by atoms with Crippen LogP contribution in [0, 0.1) is 5.92 Å². The molecule has 8 nitrogen and oxygen atoms in total. The number of hydrogen-bond acceptors (Lipinski definition) is 7. The molecule has 4 N–H and O–H groups in total. The van der Waals surface area contributed by atoms with E-state index in [1.54, 1.807) is 6.07 Å². The molecule has 0 radical (unpaired) electrons. The van der Waals surface area contributed by atoms with Gasteiger partial charge >= 0.3 is 0 Å². The Morgan fingerprint density at radius 3 is 2.96 bits per heavy atom. The van der Waals surface area contributed by atoms with Gasteiger partial charge in [-0.2, -0.15) is 4.68 Å². The van der Waals surface area contributed by atoms with Gasteiger partial charge in [0.05, 0.1) is 18.3 Å². The van der Waals surface area contributed by atoms with Gasteiger partial charge < -0.3 is 10.6 Å². The van der Waals surface area contributed by atoms with Gasteiger partial charge in [-0.15, -0.1) is 0 Å². The average Bonchev–Trinajstić information content (AvgIpc) is 3.30. The summed E-state index contributed by atoms with van der Waals surface area (Å²) >= 11 is 0. The van der Waals surface area contributed by atoms with Crippen LogP contribution in [0.2, 0.25) is 0 Å². The second-order valence-corrected chi connectivity index (χ2v) is 7.37. The molecule has 0 spiro atoms. The Kier molecular flexibility index (Phi) is 4.14. The summed E-state index contributed by atoms with van der Waals surface area (Å²) in [6, 6.07) is 11.8. The summed E-state index contributed by atoms with van der Waals surface area (Å²) in [6.07, 6.45) is 6.23. The first-order valence-electron chi connectivity index (χ1n) is 9.48. The monoisotopic (exact) mass is 377 g/mol. The van der Waals surface area contributed by atoms with Gasteiger partial charge in [-0.25, -0.2) is 15.4 Å². The van der Waals surface area contributed by atoms with Crippen molar-refractivity contribution < 1.29 is 0 Å². The van der Waals surface area contributed by atoms with Crippen molar-refractivity contribution in [2.75, 3.05) is 24.3 Å². The second kappa shape index (κ2) is 6.81. The number of rotatable bonds is 4. The molecule has 1 fully saturated rings. The Hall–Kier alpha value is -3.10. The maximum absolute atomic E-state index is 12.5. The molecule has 1 saturated heterocycles. The van der Waals surface area contributed by atoms with E-state index in [-0.39, 0.29) is 17.8 Å². The molecular weight excluding hydrogens is 354 g/mol. The maximum Gasteiger partial charge on any atom is 0.273 e. The summed E-state index contributed by atoms with van der Waals surface area (Å²) in [5.74, 6) is 0.987. The Labute approximate surface area is 162 Å². The van der Waals surface area contributed by atoms with Crippen LogP contribution in [0.15, 0.2) is 65.1 Å². The zero-order valence-corrected chi connectivity index (χ0v) is 15.6. The summed E-state index contributed by atoms with van der Waals surface area (Å²) < 4.78 is 1.47. The molecule has 5 rings (SSSR count). The van der Waals surface area contributed by atoms with E-state index in [4.69, 9.17) is 0 Å². The molecule has 2 aromatic rings. The van der Waals surface area contributed by atoms with Crippen LogP contribution < -0.4 is 27.0 Å². The molecule has 0 saturated carbocycles. The normalized spacial score (nSPS) is 25.5. The molecular formula is C20H23N7O. The molecule has 3 atom stereocenters. The quantitative estimate of drug-likeness (QED) is 0.630. The zero-order valence-electron chi connectivity index (χ0n) is 15.6. The number of hydrogen-bond donors (Lipinski definition) is 4. The van der Waals surface area contributed by atoms with Gasteiger partial charge in [0.25, 0.3) is 5.56 Å².